The van der Waals surface area contributed by atoms with Crippen molar-refractivity contribution in [2.24, 2.45) is 17.6 Å². The fourth-order valence-corrected chi connectivity index (χ4v) is 3.30. The van der Waals surface area contributed by atoms with Crippen molar-refractivity contribution < 1.29 is 9.53 Å². The molecule has 0 bridgehead atoms. The molecule has 3 rings (SSSR count). The Morgan fingerprint density at radius 3 is 2.62 bits per heavy atom. The van der Waals surface area contributed by atoms with Crippen molar-refractivity contribution in [2.45, 2.75) is 33.3 Å². The third-order valence-corrected chi connectivity index (χ3v) is 5.48. The van der Waals surface area contributed by atoms with E-state index in [-0.39, 0.29) is 6.61 Å². The molecule has 6 N–H and O–H groups in total. The van der Waals surface area contributed by atoms with Gasteiger partial charge in [-0.05, 0) is 85.8 Å². The van der Waals surface area contributed by atoms with Gasteiger partial charge in [0.1, 0.15) is 12.4 Å². The van der Waals surface area contributed by atoms with Gasteiger partial charge < -0.3 is 15.5 Å². The molecule has 8 heteroatoms. The van der Waals surface area contributed by atoms with E-state index in [0.717, 1.165) is 44.7 Å². The van der Waals surface area contributed by atoms with Crippen LogP contribution >= 0.6 is 0 Å². The van der Waals surface area contributed by atoms with Crippen LogP contribution in [-0.4, -0.2) is 30.3 Å². The average molecular weight is 437 g/mol. The lowest BCUT2D eigenvalue weighted by Gasteiger charge is -2.24. The highest BCUT2D eigenvalue weighted by molar-refractivity contribution is 6.06. The Bertz CT molecular complexity index is 1010. The van der Waals surface area contributed by atoms with Gasteiger partial charge in [-0.25, -0.2) is 21.5 Å². The smallest absolute Gasteiger partial charge is 0.352 e. The highest BCUT2D eigenvalue weighted by Gasteiger charge is 2.20. The van der Waals surface area contributed by atoms with Gasteiger partial charge in [0.2, 0.25) is 0 Å². The Kier molecular flexibility index (Phi) is 7.50. The van der Waals surface area contributed by atoms with Crippen molar-refractivity contribution >= 4 is 17.4 Å². The number of aryl methyl sites for hydroxylation is 2. The minimum Gasteiger partial charge on any atom is -0.489 e. The maximum absolute atomic E-state index is 12.2. The third-order valence-electron chi connectivity index (χ3n) is 5.48. The van der Waals surface area contributed by atoms with Crippen LogP contribution in [-0.2, 0) is 6.61 Å². The normalized spacial score (nSPS) is 13.2. The Morgan fingerprint density at radius 2 is 1.97 bits per heavy atom. The monoisotopic (exact) mass is 436 g/mol. The van der Waals surface area contributed by atoms with Crippen molar-refractivity contribution in [3.63, 3.8) is 0 Å². The van der Waals surface area contributed by atoms with Crippen LogP contribution in [0.5, 0.6) is 5.75 Å². The predicted octanol–water partition coefficient (Wildman–Crippen LogP) is 3.37. The molecule has 32 heavy (non-hydrogen) atoms. The first kappa shape index (κ1) is 23.3. The number of carbonyl (C=O) groups excluding carboxylic acids is 1. The molecule has 1 aliphatic carbocycles. The molecule has 0 unspecified atom stereocenters. The van der Waals surface area contributed by atoms with Crippen LogP contribution in [0.1, 0.15) is 35.1 Å². The second-order valence-electron chi connectivity index (χ2n) is 8.20. The lowest BCUT2D eigenvalue weighted by Crippen LogP contribution is -2.49. The molecule has 1 fully saturated rings. The summed E-state index contributed by atoms with van der Waals surface area (Å²) in [6, 6.07) is 10.7. The summed E-state index contributed by atoms with van der Waals surface area (Å²) in [7, 11) is 1.44. The van der Waals surface area contributed by atoms with Crippen LogP contribution in [0, 0.1) is 25.2 Å². The standard InChI is InChI=1S/C24H32N6O2/c1-16-5-4-6-22(30(27)24(31)29(3)26)20(16)15-32-23-10-9-19(13-17(23)2)21(25)11-12-28-14-18-7-8-18/h4-6,9-13,18,25,28H,7-8,14-15,26-27H2,1-3H3/b12-11-,25-21?. The zero-order valence-corrected chi connectivity index (χ0v) is 18.9. The molecule has 8 nitrogen and oxygen atoms in total. The topological polar surface area (TPSA) is 121 Å². The van der Waals surface area contributed by atoms with Crippen LogP contribution in [0.25, 0.3) is 0 Å². The first-order valence-electron chi connectivity index (χ1n) is 10.7. The first-order chi connectivity index (χ1) is 15.3. The average Bonchev–Trinajstić information content (AvgIpc) is 3.59. The van der Waals surface area contributed by atoms with Crippen molar-refractivity contribution in [3.8, 4) is 5.75 Å². The fraction of sp³-hybridized carbons (Fsp3) is 0.333. The molecule has 1 saturated carbocycles. The molecule has 0 aromatic heterocycles. The van der Waals surface area contributed by atoms with E-state index in [0.29, 0.717) is 17.1 Å². The number of allylic oxidation sites excluding steroid dienone is 1. The number of urea groups is 1. The fourth-order valence-electron chi connectivity index (χ4n) is 3.30. The number of hydrogen-bond donors (Lipinski definition) is 4. The number of nitrogens with zero attached hydrogens (tertiary/aromatic N) is 2. The molecule has 0 atom stereocenters. The van der Waals surface area contributed by atoms with Crippen LogP contribution in [0.4, 0.5) is 10.5 Å². The molecule has 170 valence electrons. The molecule has 2 aromatic rings. The van der Waals surface area contributed by atoms with Crippen LogP contribution in [0.15, 0.2) is 48.7 Å². The summed E-state index contributed by atoms with van der Waals surface area (Å²) in [5, 5.41) is 13.5. The lowest BCUT2D eigenvalue weighted by molar-refractivity contribution is 0.216. The van der Waals surface area contributed by atoms with Gasteiger partial charge in [-0.3, -0.25) is 5.01 Å². The summed E-state index contributed by atoms with van der Waals surface area (Å²) in [5.41, 5.74) is 4.46. The number of rotatable bonds is 9. The summed E-state index contributed by atoms with van der Waals surface area (Å²) in [6.45, 7) is 5.10. The van der Waals surface area contributed by atoms with Gasteiger partial charge in [-0.1, -0.05) is 12.1 Å². The Hall–Kier alpha value is -3.36. The SMILES string of the molecule is Cc1cc(C(=N)/C=C\NCC2CC2)ccc1OCc1c(C)cccc1N(N)C(=O)N(C)N. The third kappa shape index (κ3) is 5.87. The second-order valence-corrected chi connectivity index (χ2v) is 8.20. The van der Waals surface area contributed by atoms with E-state index in [9.17, 15) is 4.79 Å². The van der Waals surface area contributed by atoms with Gasteiger partial charge in [-0.15, -0.1) is 0 Å². The molecule has 0 radical (unpaired) electrons. The Balaban J connectivity index is 1.68. The van der Waals surface area contributed by atoms with Gasteiger partial charge >= 0.3 is 6.03 Å². The summed E-state index contributed by atoms with van der Waals surface area (Å²) in [5.74, 6) is 13.0. The van der Waals surface area contributed by atoms with Crippen LogP contribution in [0.3, 0.4) is 0 Å². The van der Waals surface area contributed by atoms with Crippen molar-refractivity contribution in [3.05, 3.63) is 70.9 Å². The summed E-state index contributed by atoms with van der Waals surface area (Å²) < 4.78 is 6.06. The molecule has 2 aromatic carbocycles. The van der Waals surface area contributed by atoms with Gasteiger partial charge in [0.15, 0.2) is 0 Å². The van der Waals surface area contributed by atoms with Crippen LogP contribution in [0.2, 0.25) is 0 Å². The highest BCUT2D eigenvalue weighted by atomic mass is 16.5. The number of anilines is 1. The number of ether oxygens (including phenoxy) is 1. The zero-order valence-electron chi connectivity index (χ0n) is 18.9. The molecular formula is C24H32N6O2. The maximum atomic E-state index is 12.2. The quantitative estimate of drug-likeness (QED) is 0.208. The van der Waals surface area contributed by atoms with Gasteiger partial charge in [0, 0.05) is 19.2 Å². The van der Waals surface area contributed by atoms with Crippen molar-refractivity contribution in [1.29, 1.82) is 5.41 Å². The summed E-state index contributed by atoms with van der Waals surface area (Å²) >= 11 is 0. The van der Waals surface area contributed by atoms with Gasteiger partial charge in [-0.2, -0.15) is 0 Å². The zero-order chi connectivity index (χ0) is 23.3. The largest absolute Gasteiger partial charge is 0.489 e. The number of amides is 2. The van der Waals surface area contributed by atoms with E-state index >= 15 is 0 Å². The van der Waals surface area contributed by atoms with E-state index in [1.165, 1.54) is 19.9 Å². The van der Waals surface area contributed by atoms with E-state index in [1.54, 1.807) is 12.1 Å². The molecule has 0 saturated heterocycles. The molecule has 1 aliphatic rings. The molecule has 0 heterocycles. The number of carbonyl (C=O) groups is 1. The predicted molar refractivity (Wildman–Crippen MR) is 127 cm³/mol. The molecule has 0 spiro atoms. The molecular weight excluding hydrogens is 404 g/mol. The Labute approximate surface area is 189 Å². The van der Waals surface area contributed by atoms with Gasteiger partial charge in [0.05, 0.1) is 11.4 Å². The summed E-state index contributed by atoms with van der Waals surface area (Å²) in [6.07, 6.45) is 6.22. The number of nitrogens with one attached hydrogen (secondary N) is 2. The van der Waals surface area contributed by atoms with E-state index < -0.39 is 6.03 Å². The van der Waals surface area contributed by atoms with Crippen molar-refractivity contribution in [1.82, 2.24) is 10.3 Å². The molecule has 0 aliphatic heterocycles. The number of hydrogen-bond acceptors (Lipinski definition) is 6. The summed E-state index contributed by atoms with van der Waals surface area (Å²) in [4.78, 5) is 12.2. The van der Waals surface area contributed by atoms with Gasteiger partial charge in [0.25, 0.3) is 0 Å². The number of nitrogens with two attached hydrogens (primary N) is 2. The minimum atomic E-state index is -0.532. The maximum Gasteiger partial charge on any atom is 0.352 e. The highest BCUT2D eigenvalue weighted by Crippen LogP contribution is 2.28. The number of benzene rings is 2. The van der Waals surface area contributed by atoms with E-state index in [4.69, 9.17) is 21.8 Å². The first-order valence-corrected chi connectivity index (χ1v) is 10.7. The van der Waals surface area contributed by atoms with Crippen LogP contribution < -0.4 is 26.7 Å². The van der Waals surface area contributed by atoms with E-state index in [1.807, 2.05) is 50.4 Å². The lowest BCUT2D eigenvalue weighted by atomic mass is 10.1. The molecule has 2 amide bonds. The Morgan fingerprint density at radius 1 is 1.22 bits per heavy atom. The second kappa shape index (κ2) is 10.3. The van der Waals surface area contributed by atoms with E-state index in [2.05, 4.69) is 5.32 Å². The van der Waals surface area contributed by atoms with Crippen molar-refractivity contribution in [2.75, 3.05) is 18.6 Å². The number of hydrazine groups is 2. The minimum absolute atomic E-state index is 0.236.